The molecule has 1 atom stereocenters. The highest BCUT2D eigenvalue weighted by Gasteiger charge is 2.47. The van der Waals surface area contributed by atoms with Crippen molar-refractivity contribution < 1.29 is 14.7 Å². The van der Waals surface area contributed by atoms with Crippen molar-refractivity contribution in [3.63, 3.8) is 0 Å². The first-order valence-electron chi connectivity index (χ1n) is 8.77. The van der Waals surface area contributed by atoms with E-state index in [2.05, 4.69) is 4.98 Å². The van der Waals surface area contributed by atoms with Gasteiger partial charge >= 0.3 is 0 Å². The number of nitrogens with zero attached hydrogens (tertiary/aromatic N) is 2. The first-order chi connectivity index (χ1) is 12.5. The van der Waals surface area contributed by atoms with E-state index < -0.39 is 17.7 Å². The zero-order valence-electron chi connectivity index (χ0n) is 14.7. The fraction of sp³-hybridized carbons (Fsp3) is 0.421. The van der Waals surface area contributed by atoms with Gasteiger partial charge in [0.05, 0.1) is 27.2 Å². The summed E-state index contributed by atoms with van der Waals surface area (Å²) in [5, 5.41) is 13.4. The molecule has 1 amide bonds. The Bertz CT molecular complexity index is 892. The Kier molecular flexibility index (Phi) is 4.44. The number of ketones is 1. The number of rotatable bonds is 4. The molecular formula is C19H20N2O3S2. The van der Waals surface area contributed by atoms with Crippen LogP contribution in [0.3, 0.4) is 0 Å². The average Bonchev–Trinajstić information content (AvgIpc) is 3.36. The molecule has 136 valence electrons. The Labute approximate surface area is 160 Å². The van der Waals surface area contributed by atoms with Crippen molar-refractivity contribution in [1.82, 2.24) is 9.88 Å². The van der Waals surface area contributed by atoms with Crippen molar-refractivity contribution in [2.45, 2.75) is 51.6 Å². The second-order valence-corrected chi connectivity index (χ2v) is 8.99. The fourth-order valence-corrected chi connectivity index (χ4v) is 5.71. The Morgan fingerprint density at radius 1 is 1.31 bits per heavy atom. The molecule has 1 fully saturated rings. The van der Waals surface area contributed by atoms with Gasteiger partial charge in [-0.2, -0.15) is 0 Å². The first-order valence-corrected chi connectivity index (χ1v) is 10.5. The quantitative estimate of drug-likeness (QED) is 0.791. The highest BCUT2D eigenvalue weighted by molar-refractivity contribution is 7.14. The van der Waals surface area contributed by atoms with E-state index in [0.717, 1.165) is 35.6 Å². The second-order valence-electron chi connectivity index (χ2n) is 6.81. The molecule has 4 rings (SSSR count). The molecule has 0 saturated heterocycles. The van der Waals surface area contributed by atoms with Crippen LogP contribution in [0.5, 0.6) is 0 Å². The van der Waals surface area contributed by atoms with Crippen LogP contribution in [0.2, 0.25) is 0 Å². The topological polar surface area (TPSA) is 70.5 Å². The summed E-state index contributed by atoms with van der Waals surface area (Å²) in [6.45, 7) is 3.64. The highest BCUT2D eigenvalue weighted by atomic mass is 32.1. The Balaban J connectivity index is 1.81. The highest BCUT2D eigenvalue weighted by Crippen LogP contribution is 2.45. The predicted molar refractivity (Wildman–Crippen MR) is 102 cm³/mol. The molecule has 2 aliphatic rings. The molecule has 0 bridgehead atoms. The summed E-state index contributed by atoms with van der Waals surface area (Å²) >= 11 is 2.82. The van der Waals surface area contributed by atoms with Crippen molar-refractivity contribution in [2.75, 3.05) is 0 Å². The second kappa shape index (κ2) is 6.63. The minimum absolute atomic E-state index is 0.0753. The number of aliphatic hydroxyl groups is 1. The summed E-state index contributed by atoms with van der Waals surface area (Å²) in [7, 11) is 0. The number of carbonyl (C=O) groups excluding carboxylic acids is 2. The van der Waals surface area contributed by atoms with Crippen LogP contribution in [-0.2, 0) is 4.79 Å². The largest absolute Gasteiger partial charge is 0.503 e. The maximum Gasteiger partial charge on any atom is 0.290 e. The number of aryl methyl sites for hydroxylation is 2. The molecule has 2 aromatic rings. The molecule has 1 aliphatic heterocycles. The molecule has 0 aromatic carbocycles. The number of aliphatic hydroxyl groups excluding tert-OH is 1. The molecule has 5 nitrogen and oxygen atoms in total. The van der Waals surface area contributed by atoms with Gasteiger partial charge in [-0.05, 0) is 38.1 Å². The van der Waals surface area contributed by atoms with Gasteiger partial charge in [-0.1, -0.05) is 18.9 Å². The maximum absolute atomic E-state index is 13.3. The molecule has 26 heavy (non-hydrogen) atoms. The molecule has 0 spiro atoms. The average molecular weight is 389 g/mol. The number of hydrogen-bond donors (Lipinski definition) is 1. The lowest BCUT2D eigenvalue weighted by molar-refractivity contribution is -0.131. The summed E-state index contributed by atoms with van der Waals surface area (Å²) in [5.41, 5.74) is 0.852. The standard InChI is InChI=1S/C19H20N2O3S2/c1-10-18(26-11(2)20-10)16(22)14-15(13-8-5-9-25-13)21(19(24)17(14)23)12-6-3-4-7-12/h5,8-9,12,15,23H,3-4,6-7H2,1-2H3. The van der Waals surface area contributed by atoms with Crippen LogP contribution >= 0.6 is 22.7 Å². The lowest BCUT2D eigenvalue weighted by Crippen LogP contribution is -2.38. The summed E-state index contributed by atoms with van der Waals surface area (Å²) in [5.74, 6) is -1.10. The fourth-order valence-electron chi connectivity index (χ4n) is 4.00. The summed E-state index contributed by atoms with van der Waals surface area (Å²) < 4.78 is 0. The SMILES string of the molecule is Cc1nc(C)c(C(=O)C2=C(O)C(=O)N(C3CCCC3)C2c2cccs2)s1. The Morgan fingerprint density at radius 2 is 2.04 bits per heavy atom. The minimum Gasteiger partial charge on any atom is -0.503 e. The molecule has 1 aliphatic carbocycles. The summed E-state index contributed by atoms with van der Waals surface area (Å²) in [4.78, 5) is 33.7. The van der Waals surface area contributed by atoms with Gasteiger partial charge in [-0.3, -0.25) is 9.59 Å². The van der Waals surface area contributed by atoms with E-state index in [1.807, 2.05) is 24.4 Å². The van der Waals surface area contributed by atoms with Crippen LogP contribution < -0.4 is 0 Å². The van der Waals surface area contributed by atoms with Crippen LogP contribution in [0.25, 0.3) is 0 Å². The zero-order chi connectivity index (χ0) is 18.4. The third kappa shape index (κ3) is 2.70. The van der Waals surface area contributed by atoms with Gasteiger partial charge in [0.2, 0.25) is 5.78 Å². The Morgan fingerprint density at radius 3 is 2.62 bits per heavy atom. The van der Waals surface area contributed by atoms with Gasteiger partial charge in [0, 0.05) is 10.9 Å². The summed E-state index contributed by atoms with van der Waals surface area (Å²) in [6.07, 6.45) is 3.98. The van der Waals surface area contributed by atoms with Gasteiger partial charge in [-0.15, -0.1) is 22.7 Å². The van der Waals surface area contributed by atoms with Crippen LogP contribution in [0.1, 0.15) is 57.0 Å². The van der Waals surface area contributed by atoms with Crippen LogP contribution in [0, 0.1) is 13.8 Å². The van der Waals surface area contributed by atoms with Crippen molar-refractivity contribution >= 4 is 34.4 Å². The molecular weight excluding hydrogens is 368 g/mol. The maximum atomic E-state index is 13.3. The normalized spacial score (nSPS) is 21.2. The van der Waals surface area contributed by atoms with E-state index in [1.165, 1.54) is 22.7 Å². The molecule has 3 heterocycles. The van der Waals surface area contributed by atoms with E-state index in [4.69, 9.17) is 0 Å². The third-order valence-corrected chi connectivity index (χ3v) is 7.13. The van der Waals surface area contributed by atoms with Gasteiger partial charge in [0.15, 0.2) is 5.76 Å². The number of Topliss-reactive ketones (excluding diaryl/α,β-unsaturated/α-hetero) is 1. The monoisotopic (exact) mass is 388 g/mol. The number of hydrogen-bond acceptors (Lipinski definition) is 6. The number of amides is 1. The number of thiazole rings is 1. The van der Waals surface area contributed by atoms with Crippen molar-refractivity contribution in [2.24, 2.45) is 0 Å². The van der Waals surface area contributed by atoms with Gasteiger partial charge in [-0.25, -0.2) is 4.98 Å². The zero-order valence-corrected chi connectivity index (χ0v) is 16.3. The molecule has 1 saturated carbocycles. The van der Waals surface area contributed by atoms with E-state index in [0.29, 0.717) is 10.6 Å². The number of thiophene rings is 1. The van der Waals surface area contributed by atoms with Crippen LogP contribution in [-0.4, -0.2) is 32.7 Å². The van der Waals surface area contributed by atoms with Gasteiger partial charge in [0.1, 0.15) is 0 Å². The van der Waals surface area contributed by atoms with Crippen LogP contribution in [0.4, 0.5) is 0 Å². The van der Waals surface area contributed by atoms with E-state index in [1.54, 1.807) is 11.8 Å². The lowest BCUT2D eigenvalue weighted by Gasteiger charge is -2.31. The number of carbonyl (C=O) groups is 2. The molecule has 1 N–H and O–H groups in total. The third-order valence-electron chi connectivity index (χ3n) is 5.13. The van der Waals surface area contributed by atoms with Crippen LogP contribution in [0.15, 0.2) is 28.8 Å². The molecule has 0 radical (unpaired) electrons. The summed E-state index contributed by atoms with van der Waals surface area (Å²) in [6, 6.07) is 3.42. The number of aromatic nitrogens is 1. The van der Waals surface area contributed by atoms with Gasteiger partial charge < -0.3 is 10.0 Å². The molecule has 1 unspecified atom stereocenters. The van der Waals surface area contributed by atoms with Gasteiger partial charge in [0.25, 0.3) is 5.91 Å². The van der Waals surface area contributed by atoms with E-state index in [9.17, 15) is 14.7 Å². The Hall–Kier alpha value is -1.99. The lowest BCUT2D eigenvalue weighted by atomic mass is 9.99. The smallest absolute Gasteiger partial charge is 0.290 e. The van der Waals surface area contributed by atoms with Crippen molar-refractivity contribution in [1.29, 1.82) is 0 Å². The molecule has 7 heteroatoms. The van der Waals surface area contributed by atoms with E-state index in [-0.39, 0.29) is 17.4 Å². The molecule has 2 aromatic heterocycles. The predicted octanol–water partition coefficient (Wildman–Crippen LogP) is 4.34. The minimum atomic E-state index is -0.500. The van der Waals surface area contributed by atoms with Crippen molar-refractivity contribution in [3.05, 3.63) is 49.3 Å². The first kappa shape index (κ1) is 17.4. The van der Waals surface area contributed by atoms with E-state index >= 15 is 0 Å². The van der Waals surface area contributed by atoms with Crippen molar-refractivity contribution in [3.8, 4) is 0 Å².